The minimum atomic E-state index is -0.393. The summed E-state index contributed by atoms with van der Waals surface area (Å²) in [5.41, 5.74) is 1.40. The molecule has 0 aromatic heterocycles. The highest BCUT2D eigenvalue weighted by atomic mass is 35.5. The van der Waals surface area contributed by atoms with Gasteiger partial charge in [0, 0.05) is 13.1 Å². The molecule has 1 amide bonds. The smallest absolute Gasteiger partial charge is 0.240 e. The summed E-state index contributed by atoms with van der Waals surface area (Å²) >= 11 is 5.84. The molecule has 0 aliphatic carbocycles. The predicted octanol–water partition coefficient (Wildman–Crippen LogP) is 3.10. The predicted molar refractivity (Wildman–Crippen MR) is 74.8 cm³/mol. The number of carbonyl (C=O) groups excluding carboxylic acids is 1. The third kappa shape index (κ3) is 3.49. The normalized spacial score (nSPS) is 18.7. The maximum absolute atomic E-state index is 11.8. The van der Waals surface area contributed by atoms with Gasteiger partial charge in [-0.25, -0.2) is 0 Å². The van der Waals surface area contributed by atoms with E-state index < -0.39 is 5.38 Å². The molecular weight excluding hydrogens is 246 g/mol. The van der Waals surface area contributed by atoms with Gasteiger partial charge in [0.05, 0.1) is 0 Å². The van der Waals surface area contributed by atoms with Crippen LogP contribution in [0.15, 0.2) is 30.3 Å². The second-order valence-electron chi connectivity index (χ2n) is 5.07. The van der Waals surface area contributed by atoms with E-state index in [1.165, 1.54) is 5.56 Å². The van der Waals surface area contributed by atoms with E-state index in [1.807, 2.05) is 11.0 Å². The number of likely N-dealkylation sites (tertiary alicyclic amines) is 1. The Labute approximate surface area is 114 Å². The Morgan fingerprint density at radius 3 is 2.50 bits per heavy atom. The molecule has 1 aliphatic heterocycles. The van der Waals surface area contributed by atoms with Crippen molar-refractivity contribution in [1.82, 2.24) is 4.90 Å². The van der Waals surface area contributed by atoms with Crippen molar-refractivity contribution in [2.24, 2.45) is 5.92 Å². The highest BCUT2D eigenvalue weighted by Crippen LogP contribution is 2.22. The number of benzene rings is 1. The molecule has 2 rings (SSSR count). The molecular formula is C15H20ClNO. The van der Waals surface area contributed by atoms with Crippen LogP contribution in [0.4, 0.5) is 0 Å². The number of halogens is 1. The maximum Gasteiger partial charge on any atom is 0.240 e. The Bertz CT molecular complexity index is 383. The Morgan fingerprint density at radius 1 is 1.33 bits per heavy atom. The van der Waals surface area contributed by atoms with Gasteiger partial charge < -0.3 is 4.90 Å². The molecule has 0 spiro atoms. The summed E-state index contributed by atoms with van der Waals surface area (Å²) < 4.78 is 0. The lowest BCUT2D eigenvalue weighted by Crippen LogP contribution is -2.41. The lowest BCUT2D eigenvalue weighted by Gasteiger charge is -2.32. The van der Waals surface area contributed by atoms with Crippen molar-refractivity contribution in [2.75, 3.05) is 13.1 Å². The van der Waals surface area contributed by atoms with Gasteiger partial charge in [0.25, 0.3) is 0 Å². The summed E-state index contributed by atoms with van der Waals surface area (Å²) in [6.45, 7) is 3.46. The minimum Gasteiger partial charge on any atom is -0.341 e. The molecule has 1 atom stereocenters. The molecule has 0 radical (unpaired) electrons. The van der Waals surface area contributed by atoms with E-state index in [2.05, 4.69) is 24.3 Å². The van der Waals surface area contributed by atoms with Crippen LogP contribution in [0.1, 0.15) is 25.3 Å². The van der Waals surface area contributed by atoms with Crippen LogP contribution in [0.5, 0.6) is 0 Å². The van der Waals surface area contributed by atoms with Crippen LogP contribution < -0.4 is 0 Å². The number of alkyl halides is 1. The molecule has 1 heterocycles. The largest absolute Gasteiger partial charge is 0.341 e. The average Bonchev–Trinajstić information content (AvgIpc) is 2.40. The van der Waals surface area contributed by atoms with Crippen LogP contribution in [0.25, 0.3) is 0 Å². The van der Waals surface area contributed by atoms with E-state index >= 15 is 0 Å². The van der Waals surface area contributed by atoms with E-state index in [4.69, 9.17) is 11.6 Å². The molecule has 2 nitrogen and oxygen atoms in total. The van der Waals surface area contributed by atoms with E-state index in [9.17, 15) is 4.79 Å². The van der Waals surface area contributed by atoms with Crippen molar-refractivity contribution in [1.29, 1.82) is 0 Å². The van der Waals surface area contributed by atoms with Crippen molar-refractivity contribution in [3.05, 3.63) is 35.9 Å². The molecule has 1 aromatic carbocycles. The van der Waals surface area contributed by atoms with Crippen LogP contribution in [0.3, 0.4) is 0 Å². The summed E-state index contributed by atoms with van der Waals surface area (Å²) in [6, 6.07) is 10.6. The molecule has 0 N–H and O–H groups in total. The lowest BCUT2D eigenvalue weighted by molar-refractivity contribution is -0.131. The fourth-order valence-electron chi connectivity index (χ4n) is 2.56. The van der Waals surface area contributed by atoms with Crippen LogP contribution in [0.2, 0.25) is 0 Å². The number of nitrogens with zero attached hydrogens (tertiary/aromatic N) is 1. The third-order valence-corrected chi connectivity index (χ3v) is 3.82. The van der Waals surface area contributed by atoms with E-state index in [-0.39, 0.29) is 5.91 Å². The third-order valence-electron chi connectivity index (χ3n) is 3.63. The first-order valence-corrected chi connectivity index (χ1v) is 7.07. The molecule has 1 fully saturated rings. The quantitative estimate of drug-likeness (QED) is 0.769. The van der Waals surface area contributed by atoms with Crippen LogP contribution in [-0.2, 0) is 11.2 Å². The number of hydrogen-bond acceptors (Lipinski definition) is 1. The highest BCUT2D eigenvalue weighted by Gasteiger charge is 2.24. The SMILES string of the molecule is C[C@H](Cl)C(=O)N1CCC(Cc2ccccc2)CC1. The monoisotopic (exact) mass is 265 g/mol. The van der Waals surface area contributed by atoms with E-state index in [0.29, 0.717) is 5.92 Å². The lowest BCUT2D eigenvalue weighted by atomic mass is 9.90. The average molecular weight is 266 g/mol. The van der Waals surface area contributed by atoms with Crippen molar-refractivity contribution in [2.45, 2.75) is 31.6 Å². The summed E-state index contributed by atoms with van der Waals surface area (Å²) in [5, 5.41) is -0.393. The van der Waals surface area contributed by atoms with E-state index in [0.717, 1.165) is 32.4 Å². The molecule has 0 bridgehead atoms. The Hall–Kier alpha value is -1.02. The van der Waals surface area contributed by atoms with Gasteiger partial charge in [-0.3, -0.25) is 4.79 Å². The summed E-state index contributed by atoms with van der Waals surface area (Å²) in [7, 11) is 0. The molecule has 3 heteroatoms. The van der Waals surface area contributed by atoms with Gasteiger partial charge in [0.2, 0.25) is 5.91 Å². The van der Waals surface area contributed by atoms with Gasteiger partial charge in [-0.15, -0.1) is 11.6 Å². The first kappa shape index (κ1) is 13.4. The van der Waals surface area contributed by atoms with Crippen LogP contribution in [-0.4, -0.2) is 29.3 Å². The van der Waals surface area contributed by atoms with Crippen molar-refractivity contribution in [3.8, 4) is 0 Å². The summed E-state index contributed by atoms with van der Waals surface area (Å²) in [4.78, 5) is 13.7. The number of amides is 1. The van der Waals surface area contributed by atoms with Crippen LogP contribution in [0, 0.1) is 5.92 Å². The topological polar surface area (TPSA) is 20.3 Å². The van der Waals surface area contributed by atoms with Gasteiger partial charge in [-0.05, 0) is 37.7 Å². The fraction of sp³-hybridized carbons (Fsp3) is 0.533. The molecule has 0 saturated carbocycles. The number of piperidine rings is 1. The molecule has 1 aromatic rings. The van der Waals surface area contributed by atoms with Crippen molar-refractivity contribution in [3.63, 3.8) is 0 Å². The Morgan fingerprint density at radius 2 is 1.94 bits per heavy atom. The molecule has 1 aliphatic rings. The molecule has 1 saturated heterocycles. The second-order valence-corrected chi connectivity index (χ2v) is 5.73. The fourth-order valence-corrected chi connectivity index (χ4v) is 2.69. The Balaban J connectivity index is 1.82. The van der Waals surface area contributed by atoms with E-state index in [1.54, 1.807) is 6.92 Å². The van der Waals surface area contributed by atoms with Crippen molar-refractivity contribution < 1.29 is 4.79 Å². The summed E-state index contributed by atoms with van der Waals surface area (Å²) in [6.07, 6.45) is 3.30. The second kappa shape index (κ2) is 6.24. The summed E-state index contributed by atoms with van der Waals surface area (Å²) in [5.74, 6) is 0.775. The zero-order chi connectivity index (χ0) is 13.0. The highest BCUT2D eigenvalue weighted by molar-refractivity contribution is 6.30. The first-order chi connectivity index (χ1) is 8.66. The molecule has 0 unspecified atom stereocenters. The van der Waals surface area contributed by atoms with Gasteiger partial charge in [-0.2, -0.15) is 0 Å². The minimum absolute atomic E-state index is 0.0785. The van der Waals surface area contributed by atoms with Gasteiger partial charge in [-0.1, -0.05) is 30.3 Å². The zero-order valence-corrected chi connectivity index (χ0v) is 11.6. The standard InChI is InChI=1S/C15H20ClNO/c1-12(16)15(18)17-9-7-14(8-10-17)11-13-5-3-2-4-6-13/h2-6,12,14H,7-11H2,1H3/t12-/m0/s1. The molecule has 18 heavy (non-hydrogen) atoms. The van der Waals surface area contributed by atoms with Crippen molar-refractivity contribution >= 4 is 17.5 Å². The first-order valence-electron chi connectivity index (χ1n) is 6.63. The zero-order valence-electron chi connectivity index (χ0n) is 10.8. The number of carbonyl (C=O) groups is 1. The number of rotatable bonds is 3. The maximum atomic E-state index is 11.8. The van der Waals surface area contributed by atoms with Gasteiger partial charge >= 0.3 is 0 Å². The van der Waals surface area contributed by atoms with Gasteiger partial charge in [0.1, 0.15) is 5.38 Å². The Kier molecular flexibility index (Phi) is 4.65. The van der Waals surface area contributed by atoms with Crippen LogP contribution >= 0.6 is 11.6 Å². The van der Waals surface area contributed by atoms with Gasteiger partial charge in [0.15, 0.2) is 0 Å². The number of hydrogen-bond donors (Lipinski definition) is 0. The molecule has 98 valence electrons.